The molecule has 52 heavy (non-hydrogen) atoms. The molecule has 4 aromatic heterocycles. The summed E-state index contributed by atoms with van der Waals surface area (Å²) in [6.07, 6.45) is 7.18. The molecular weight excluding hydrogens is 639 g/mol. The lowest BCUT2D eigenvalue weighted by atomic mass is 9.86. The zero-order valence-electron chi connectivity index (χ0n) is 33.2. The Bertz CT molecular complexity index is 2020. The van der Waals surface area contributed by atoms with E-state index in [1.54, 1.807) is 18.9 Å². The van der Waals surface area contributed by atoms with Crippen LogP contribution in [0.1, 0.15) is 105 Å². The van der Waals surface area contributed by atoms with Gasteiger partial charge in [-0.15, -0.1) is 0 Å². The summed E-state index contributed by atoms with van der Waals surface area (Å²) in [5.74, 6) is 0. The number of benzene rings is 4. The molecule has 0 unspecified atom stereocenters. The Morgan fingerprint density at radius 3 is 1.60 bits per heavy atom. The highest BCUT2D eigenvalue weighted by atomic mass is 16.3. The van der Waals surface area contributed by atoms with Gasteiger partial charge in [-0.05, 0) is 110 Å². The molecule has 0 aliphatic rings. The highest BCUT2D eigenvalue weighted by Crippen LogP contribution is 2.29. The fourth-order valence-corrected chi connectivity index (χ4v) is 5.78. The van der Waals surface area contributed by atoms with Gasteiger partial charge in [-0.1, -0.05) is 113 Å². The molecule has 0 amide bonds. The Morgan fingerprint density at radius 2 is 0.942 bits per heavy atom. The first-order chi connectivity index (χ1) is 24.3. The molecule has 0 aliphatic carbocycles. The lowest BCUT2D eigenvalue weighted by Gasteiger charge is -2.18. The third-order valence-electron chi connectivity index (χ3n) is 9.35. The van der Waals surface area contributed by atoms with Crippen molar-refractivity contribution in [1.82, 2.24) is 15.0 Å². The molecule has 2 N–H and O–H groups in total. The summed E-state index contributed by atoms with van der Waals surface area (Å²) >= 11 is 0. The van der Waals surface area contributed by atoms with Crippen LogP contribution in [0.3, 0.4) is 0 Å². The van der Waals surface area contributed by atoms with Gasteiger partial charge in [0.15, 0.2) is 0 Å². The number of aromatic amines is 2. The molecule has 0 fully saturated rings. The molecule has 4 heterocycles. The maximum absolute atomic E-state index is 5.35. The highest BCUT2D eigenvalue weighted by Gasteiger charge is 2.16. The largest absolute Gasteiger partial charge is 0.464 e. The van der Waals surface area contributed by atoms with Gasteiger partial charge < -0.3 is 18.8 Å². The molecule has 0 radical (unpaired) electrons. The second-order valence-electron chi connectivity index (χ2n) is 17.8. The average Bonchev–Trinajstić information content (AvgIpc) is 3.89. The van der Waals surface area contributed by atoms with Gasteiger partial charge in [0.05, 0.1) is 29.9 Å². The van der Waals surface area contributed by atoms with Crippen molar-refractivity contribution in [1.29, 1.82) is 0 Å². The van der Waals surface area contributed by atoms with E-state index in [0.29, 0.717) is 0 Å². The second kappa shape index (κ2) is 14.9. The van der Waals surface area contributed by atoms with Crippen LogP contribution in [0.5, 0.6) is 0 Å². The number of hydrogen-bond donors (Lipinski definition) is 2. The van der Waals surface area contributed by atoms with E-state index < -0.39 is 0 Å². The van der Waals surface area contributed by atoms with Crippen molar-refractivity contribution in [2.75, 3.05) is 0 Å². The fraction of sp³-hybridized carbons (Fsp3) is 0.340. The Hall–Kier alpha value is -5.03. The number of rotatable bonds is 0. The third kappa shape index (κ3) is 9.64. The first kappa shape index (κ1) is 38.2. The fourth-order valence-electron chi connectivity index (χ4n) is 5.78. The highest BCUT2D eigenvalue weighted by molar-refractivity contribution is 5.80. The average molecular weight is 696 g/mol. The van der Waals surface area contributed by atoms with Crippen LogP contribution >= 0.6 is 0 Å². The normalized spacial score (nSPS) is 12.2. The number of nitrogens with zero attached hydrogens (tertiary/aromatic N) is 1. The minimum absolute atomic E-state index is 0.195. The Balaban J connectivity index is 0.000000134. The number of imidazole rings is 1. The zero-order chi connectivity index (χ0) is 37.9. The number of fused-ring (bicyclic) bond motifs is 4. The monoisotopic (exact) mass is 695 g/mol. The maximum atomic E-state index is 5.35. The molecule has 8 rings (SSSR count). The van der Waals surface area contributed by atoms with Crippen LogP contribution in [0.25, 0.3) is 43.9 Å². The maximum Gasteiger partial charge on any atom is 0.134 e. The zero-order valence-corrected chi connectivity index (χ0v) is 33.2. The number of nitrogens with one attached hydrogen (secondary N) is 2. The van der Waals surface area contributed by atoms with Crippen LogP contribution in [-0.2, 0) is 21.7 Å². The Labute approximate surface area is 309 Å². The van der Waals surface area contributed by atoms with Gasteiger partial charge in [0.1, 0.15) is 11.2 Å². The quantitative estimate of drug-likeness (QED) is 0.166. The summed E-state index contributed by atoms with van der Waals surface area (Å²) in [6, 6.07) is 31.8. The van der Waals surface area contributed by atoms with Crippen LogP contribution in [0.2, 0.25) is 0 Å². The summed E-state index contributed by atoms with van der Waals surface area (Å²) in [5, 5.41) is 3.66. The molecule has 0 atom stereocenters. The summed E-state index contributed by atoms with van der Waals surface area (Å²) in [7, 11) is 0. The number of H-pyrrole nitrogens is 2. The lowest BCUT2D eigenvalue weighted by Crippen LogP contribution is -2.10. The lowest BCUT2D eigenvalue weighted by molar-refractivity contribution is 0.583. The summed E-state index contributed by atoms with van der Waals surface area (Å²) in [6.45, 7) is 26.6. The SMILES string of the molecule is CC(C)(C)c1ccc2[nH]ccc2c1.CC(C)(C)c1ccc2ccoc2c1.CC(C)(C)c1ccc2nc[nH]c2c1.CC(C)(C)c1ccc2occc2c1. The van der Waals surface area contributed by atoms with Crippen molar-refractivity contribution in [3.8, 4) is 0 Å². The van der Waals surface area contributed by atoms with Crippen molar-refractivity contribution < 1.29 is 8.83 Å². The van der Waals surface area contributed by atoms with E-state index in [0.717, 1.165) is 22.2 Å². The van der Waals surface area contributed by atoms with Gasteiger partial charge >= 0.3 is 0 Å². The first-order valence-corrected chi connectivity index (χ1v) is 18.3. The van der Waals surface area contributed by atoms with Crippen LogP contribution < -0.4 is 0 Å². The van der Waals surface area contributed by atoms with Crippen LogP contribution in [0.4, 0.5) is 0 Å². The smallest absolute Gasteiger partial charge is 0.134 e. The van der Waals surface area contributed by atoms with Gasteiger partial charge in [0, 0.05) is 22.5 Å². The minimum Gasteiger partial charge on any atom is -0.464 e. The van der Waals surface area contributed by atoms with E-state index in [4.69, 9.17) is 8.83 Å². The van der Waals surface area contributed by atoms with Crippen molar-refractivity contribution in [2.45, 2.75) is 105 Å². The molecule has 0 bridgehead atoms. The van der Waals surface area contributed by atoms with Gasteiger partial charge in [0.25, 0.3) is 0 Å². The van der Waals surface area contributed by atoms with Crippen molar-refractivity contribution in [2.24, 2.45) is 0 Å². The van der Waals surface area contributed by atoms with Crippen LogP contribution in [0, 0.1) is 0 Å². The topological polar surface area (TPSA) is 70.8 Å². The van der Waals surface area contributed by atoms with E-state index in [-0.39, 0.29) is 21.7 Å². The third-order valence-corrected chi connectivity index (χ3v) is 9.35. The first-order valence-electron chi connectivity index (χ1n) is 18.3. The molecule has 272 valence electrons. The van der Waals surface area contributed by atoms with Gasteiger partial charge in [0.2, 0.25) is 0 Å². The standard InChI is InChI=1S/C12H15N.2C12H14O.C11H14N2/c2*1-12(2,3)10-4-5-11-9(8-10)6-7-13-11;1-12(2,3)10-5-4-9-6-7-13-11(9)8-10;1-11(2,3)8-4-5-9-10(6-8)13-7-12-9/h4-8,13H,1-3H3;2*4-8H,1-3H3;4-7H,1-3H3,(H,12,13). The molecule has 8 aromatic rings. The van der Waals surface area contributed by atoms with Crippen molar-refractivity contribution >= 4 is 43.9 Å². The van der Waals surface area contributed by atoms with E-state index in [1.165, 1.54) is 43.9 Å². The predicted octanol–water partition coefficient (Wildman–Crippen LogP) is 13.8. The molecule has 5 nitrogen and oxygen atoms in total. The van der Waals surface area contributed by atoms with Crippen molar-refractivity contribution in [3.05, 3.63) is 138 Å². The molecule has 4 aromatic carbocycles. The second-order valence-corrected chi connectivity index (χ2v) is 17.8. The van der Waals surface area contributed by atoms with E-state index in [9.17, 15) is 0 Å². The molecule has 0 saturated heterocycles. The van der Waals surface area contributed by atoms with Crippen LogP contribution in [-0.4, -0.2) is 15.0 Å². The Kier molecular flexibility index (Phi) is 11.0. The van der Waals surface area contributed by atoms with Gasteiger partial charge in [-0.25, -0.2) is 4.98 Å². The molecule has 5 heteroatoms. The van der Waals surface area contributed by atoms with E-state index >= 15 is 0 Å². The summed E-state index contributed by atoms with van der Waals surface area (Å²) in [4.78, 5) is 10.5. The van der Waals surface area contributed by atoms with Crippen LogP contribution in [0.15, 0.2) is 125 Å². The number of aromatic nitrogens is 3. The van der Waals surface area contributed by atoms with E-state index in [1.807, 2.05) is 24.4 Å². The molecule has 0 saturated carbocycles. The Morgan fingerprint density at radius 1 is 0.423 bits per heavy atom. The van der Waals surface area contributed by atoms with Gasteiger partial charge in [-0.3, -0.25) is 0 Å². The minimum atomic E-state index is 0.195. The summed E-state index contributed by atoms with van der Waals surface area (Å²) in [5.41, 5.74) is 11.6. The molecule has 0 aliphatic heterocycles. The predicted molar refractivity (Wildman–Crippen MR) is 222 cm³/mol. The summed E-state index contributed by atoms with van der Waals surface area (Å²) < 4.78 is 10.6. The van der Waals surface area contributed by atoms with Gasteiger partial charge in [-0.2, -0.15) is 0 Å². The number of furan rings is 2. The number of hydrogen-bond acceptors (Lipinski definition) is 3. The van der Waals surface area contributed by atoms with E-state index in [2.05, 4.69) is 171 Å². The molecule has 0 spiro atoms. The molecular formula is C47H57N3O2. The van der Waals surface area contributed by atoms with Crippen molar-refractivity contribution in [3.63, 3.8) is 0 Å².